The van der Waals surface area contributed by atoms with Gasteiger partial charge < -0.3 is 9.47 Å². The number of benzene rings is 1. The van der Waals surface area contributed by atoms with Crippen LogP contribution in [-0.4, -0.2) is 22.6 Å². The van der Waals surface area contributed by atoms with Crippen molar-refractivity contribution in [3.8, 4) is 11.5 Å². The van der Waals surface area contributed by atoms with Gasteiger partial charge in [0.15, 0.2) is 11.5 Å². The molecule has 1 aromatic heterocycles. The predicted molar refractivity (Wildman–Crippen MR) is 85.1 cm³/mol. The lowest BCUT2D eigenvalue weighted by Gasteiger charge is -2.19. The fraction of sp³-hybridized carbons (Fsp3) is 0.333. The Balaban J connectivity index is 1.91. The number of thiophene rings is 1. The van der Waals surface area contributed by atoms with Gasteiger partial charge >= 0.3 is 0 Å². The van der Waals surface area contributed by atoms with Gasteiger partial charge in [0, 0.05) is 0 Å². The summed E-state index contributed by atoms with van der Waals surface area (Å²) in [5.41, 5.74) is 0.354. The molecule has 0 spiro atoms. The first-order chi connectivity index (χ1) is 10.5. The molecular formula is C15H17NO4S2. The van der Waals surface area contributed by atoms with Crippen molar-refractivity contribution in [2.75, 3.05) is 14.2 Å². The SMILES string of the molecule is COc1ccc(C2(NS(=O)(=O)c3cccs3)CC2)cc1OC. The third-order valence-corrected chi connectivity index (χ3v) is 6.71. The van der Waals surface area contributed by atoms with Crippen molar-refractivity contribution in [1.29, 1.82) is 0 Å². The fourth-order valence-electron chi connectivity index (χ4n) is 2.43. The summed E-state index contributed by atoms with van der Waals surface area (Å²) in [6.45, 7) is 0. The van der Waals surface area contributed by atoms with Gasteiger partial charge in [-0.3, -0.25) is 0 Å². The van der Waals surface area contributed by atoms with Crippen LogP contribution in [0.4, 0.5) is 0 Å². The second kappa shape index (κ2) is 5.57. The van der Waals surface area contributed by atoms with Crippen LogP contribution in [0, 0.1) is 0 Å². The molecule has 1 aromatic carbocycles. The molecule has 1 aliphatic carbocycles. The predicted octanol–water partition coefficient (Wildman–Crippen LogP) is 2.73. The first kappa shape index (κ1) is 15.3. The quantitative estimate of drug-likeness (QED) is 0.879. The van der Waals surface area contributed by atoms with Gasteiger partial charge in [0.05, 0.1) is 19.8 Å². The topological polar surface area (TPSA) is 64.6 Å². The average Bonchev–Trinajstić information content (AvgIpc) is 3.05. The van der Waals surface area contributed by atoms with Gasteiger partial charge in [-0.2, -0.15) is 4.72 Å². The van der Waals surface area contributed by atoms with E-state index in [0.29, 0.717) is 15.7 Å². The maximum Gasteiger partial charge on any atom is 0.250 e. The first-order valence-corrected chi connectivity index (χ1v) is 9.17. The Kier molecular flexibility index (Phi) is 3.88. The summed E-state index contributed by atoms with van der Waals surface area (Å²) in [6, 6.07) is 8.86. The first-order valence-electron chi connectivity index (χ1n) is 6.81. The minimum Gasteiger partial charge on any atom is -0.493 e. The highest BCUT2D eigenvalue weighted by Crippen LogP contribution is 2.48. The zero-order valence-corrected chi connectivity index (χ0v) is 14.0. The number of methoxy groups -OCH3 is 2. The number of hydrogen-bond donors (Lipinski definition) is 1. The lowest BCUT2D eigenvalue weighted by Crippen LogP contribution is -2.34. The normalized spacial score (nSPS) is 16.3. The summed E-state index contributed by atoms with van der Waals surface area (Å²) in [5.74, 6) is 1.23. The van der Waals surface area contributed by atoms with Crippen LogP contribution in [0.15, 0.2) is 39.9 Å². The number of rotatable bonds is 6. The third-order valence-electron chi connectivity index (χ3n) is 3.78. The highest BCUT2D eigenvalue weighted by Gasteiger charge is 2.48. The highest BCUT2D eigenvalue weighted by molar-refractivity contribution is 7.91. The highest BCUT2D eigenvalue weighted by atomic mass is 32.2. The van der Waals surface area contributed by atoms with Gasteiger partial charge in [-0.1, -0.05) is 12.1 Å². The molecule has 7 heteroatoms. The Bertz CT molecular complexity index is 765. The van der Waals surface area contributed by atoms with Crippen molar-refractivity contribution in [3.05, 3.63) is 41.3 Å². The standard InChI is InChI=1S/C15H17NO4S2/c1-19-12-6-5-11(10-13(12)20-2)15(7-8-15)16-22(17,18)14-4-3-9-21-14/h3-6,9-10,16H,7-8H2,1-2H3. The molecule has 1 aliphatic rings. The van der Waals surface area contributed by atoms with E-state index >= 15 is 0 Å². The van der Waals surface area contributed by atoms with E-state index in [1.54, 1.807) is 37.8 Å². The molecule has 22 heavy (non-hydrogen) atoms. The number of hydrogen-bond acceptors (Lipinski definition) is 5. The molecule has 1 N–H and O–H groups in total. The number of sulfonamides is 1. The molecule has 0 unspecified atom stereocenters. The van der Waals surface area contributed by atoms with Gasteiger partial charge in [-0.25, -0.2) is 8.42 Å². The van der Waals surface area contributed by atoms with E-state index in [9.17, 15) is 8.42 Å². The van der Waals surface area contributed by atoms with E-state index in [4.69, 9.17) is 9.47 Å². The van der Waals surface area contributed by atoms with Gasteiger partial charge in [-0.05, 0) is 42.0 Å². The van der Waals surface area contributed by atoms with Crippen LogP contribution in [0.3, 0.4) is 0 Å². The van der Waals surface area contributed by atoms with Gasteiger partial charge in [0.2, 0.25) is 0 Å². The summed E-state index contributed by atoms with van der Waals surface area (Å²) in [4.78, 5) is 0. The average molecular weight is 339 g/mol. The molecule has 0 bridgehead atoms. The smallest absolute Gasteiger partial charge is 0.250 e. The van der Waals surface area contributed by atoms with Crippen molar-refractivity contribution >= 4 is 21.4 Å². The van der Waals surface area contributed by atoms with E-state index in [1.807, 2.05) is 12.1 Å². The Labute approximate surface area is 133 Å². The molecular weight excluding hydrogens is 322 g/mol. The fourth-order valence-corrected chi connectivity index (χ4v) is 4.87. The van der Waals surface area contributed by atoms with Crippen LogP contribution in [-0.2, 0) is 15.6 Å². The summed E-state index contributed by atoms with van der Waals surface area (Å²) in [6.07, 6.45) is 1.54. The molecule has 0 amide bonds. The van der Waals surface area contributed by atoms with E-state index in [-0.39, 0.29) is 0 Å². The molecule has 0 atom stereocenters. The Morgan fingerprint density at radius 2 is 1.86 bits per heavy atom. The largest absolute Gasteiger partial charge is 0.493 e. The molecule has 118 valence electrons. The molecule has 3 rings (SSSR count). The van der Waals surface area contributed by atoms with E-state index in [1.165, 1.54) is 11.3 Å². The zero-order chi connectivity index (χ0) is 15.8. The molecule has 1 heterocycles. The third kappa shape index (κ3) is 2.71. The van der Waals surface area contributed by atoms with Crippen LogP contribution < -0.4 is 14.2 Å². The van der Waals surface area contributed by atoms with Crippen molar-refractivity contribution in [2.24, 2.45) is 0 Å². The maximum atomic E-state index is 12.4. The van der Waals surface area contributed by atoms with E-state index < -0.39 is 15.6 Å². The number of nitrogens with one attached hydrogen (secondary N) is 1. The van der Waals surface area contributed by atoms with Crippen molar-refractivity contribution in [1.82, 2.24) is 4.72 Å². The van der Waals surface area contributed by atoms with Gasteiger partial charge in [0.25, 0.3) is 10.0 Å². The lowest BCUT2D eigenvalue weighted by atomic mass is 10.1. The molecule has 2 aromatic rings. The maximum absolute atomic E-state index is 12.4. The van der Waals surface area contributed by atoms with Crippen LogP contribution in [0.25, 0.3) is 0 Å². The van der Waals surface area contributed by atoms with Crippen LogP contribution >= 0.6 is 11.3 Å². The monoisotopic (exact) mass is 339 g/mol. The second-order valence-electron chi connectivity index (χ2n) is 5.19. The summed E-state index contributed by atoms with van der Waals surface area (Å²) in [5, 5.41) is 1.75. The molecule has 1 fully saturated rings. The van der Waals surface area contributed by atoms with E-state index in [2.05, 4.69) is 4.72 Å². The van der Waals surface area contributed by atoms with Gasteiger partial charge in [0.1, 0.15) is 4.21 Å². The Morgan fingerprint density at radius 3 is 2.41 bits per heavy atom. The zero-order valence-electron chi connectivity index (χ0n) is 12.3. The van der Waals surface area contributed by atoms with Crippen LogP contribution in [0.2, 0.25) is 0 Å². The minimum atomic E-state index is -3.50. The van der Waals surface area contributed by atoms with Crippen LogP contribution in [0.1, 0.15) is 18.4 Å². The molecule has 5 nitrogen and oxygen atoms in total. The minimum absolute atomic E-state index is 0.333. The van der Waals surface area contributed by atoms with Crippen LogP contribution in [0.5, 0.6) is 11.5 Å². The molecule has 0 saturated heterocycles. The second-order valence-corrected chi connectivity index (χ2v) is 8.05. The van der Waals surface area contributed by atoms with E-state index in [0.717, 1.165) is 18.4 Å². The summed E-state index contributed by atoms with van der Waals surface area (Å²) in [7, 11) is -0.359. The lowest BCUT2D eigenvalue weighted by molar-refractivity contribution is 0.354. The number of ether oxygens (including phenoxy) is 2. The summed E-state index contributed by atoms with van der Waals surface area (Å²) >= 11 is 1.21. The Hall–Kier alpha value is -1.57. The van der Waals surface area contributed by atoms with Crippen molar-refractivity contribution in [3.63, 3.8) is 0 Å². The van der Waals surface area contributed by atoms with Gasteiger partial charge in [-0.15, -0.1) is 11.3 Å². The molecule has 0 aliphatic heterocycles. The Morgan fingerprint density at radius 1 is 1.14 bits per heavy atom. The van der Waals surface area contributed by atoms with Crippen molar-refractivity contribution in [2.45, 2.75) is 22.6 Å². The molecule has 1 saturated carbocycles. The van der Waals surface area contributed by atoms with Crippen molar-refractivity contribution < 1.29 is 17.9 Å². The molecule has 0 radical (unpaired) electrons. The summed E-state index contributed by atoms with van der Waals surface area (Å²) < 4.78 is 38.6.